The van der Waals surface area contributed by atoms with Gasteiger partial charge in [0.1, 0.15) is 0 Å². The Hall–Kier alpha value is -1.85. The van der Waals surface area contributed by atoms with Crippen molar-refractivity contribution in [2.24, 2.45) is 13.0 Å². The maximum Gasteiger partial charge on any atom is 0.310 e. The molecule has 0 saturated carbocycles. The maximum absolute atomic E-state index is 12.3. The molecule has 1 fully saturated rings. The molecule has 1 unspecified atom stereocenters. The Labute approximate surface area is 112 Å². The molecule has 0 bridgehead atoms. The smallest absolute Gasteiger partial charge is 0.310 e. The number of hydrogen-bond acceptors (Lipinski definition) is 4. The minimum atomic E-state index is -0.241. The molecule has 1 amide bonds. The number of nitrogens with zero attached hydrogens (tertiary/aromatic N) is 3. The summed E-state index contributed by atoms with van der Waals surface area (Å²) in [6, 6.07) is 1.77. The van der Waals surface area contributed by atoms with Crippen molar-refractivity contribution < 1.29 is 14.3 Å². The van der Waals surface area contributed by atoms with E-state index in [0.29, 0.717) is 18.8 Å². The topological polar surface area (TPSA) is 64.4 Å². The Morgan fingerprint density at radius 2 is 2.21 bits per heavy atom. The lowest BCUT2D eigenvalue weighted by Crippen LogP contribution is -2.42. The molecule has 1 aromatic rings. The van der Waals surface area contributed by atoms with E-state index in [1.807, 2.05) is 6.92 Å². The van der Waals surface area contributed by atoms with Gasteiger partial charge in [0.05, 0.1) is 13.0 Å². The third kappa shape index (κ3) is 2.77. The largest absolute Gasteiger partial charge is 0.469 e. The Morgan fingerprint density at radius 3 is 2.79 bits per heavy atom. The fourth-order valence-corrected chi connectivity index (χ4v) is 2.35. The molecular formula is C13H19N3O3. The number of likely N-dealkylation sites (tertiary alicyclic amines) is 1. The number of ether oxygens (including phenoxy) is 1. The van der Waals surface area contributed by atoms with Gasteiger partial charge in [0.2, 0.25) is 0 Å². The minimum Gasteiger partial charge on any atom is -0.469 e. The van der Waals surface area contributed by atoms with Gasteiger partial charge >= 0.3 is 5.97 Å². The van der Waals surface area contributed by atoms with Crippen LogP contribution in [0.1, 0.15) is 29.0 Å². The fraction of sp³-hybridized carbons (Fsp3) is 0.615. The normalized spacial score (nSPS) is 19.3. The average molecular weight is 265 g/mol. The van der Waals surface area contributed by atoms with Crippen molar-refractivity contribution in [1.29, 1.82) is 0 Å². The van der Waals surface area contributed by atoms with E-state index < -0.39 is 0 Å². The van der Waals surface area contributed by atoms with Gasteiger partial charge in [-0.25, -0.2) is 0 Å². The van der Waals surface area contributed by atoms with Crippen LogP contribution in [0.3, 0.4) is 0 Å². The molecule has 1 aromatic heterocycles. The van der Waals surface area contributed by atoms with E-state index in [-0.39, 0.29) is 17.8 Å². The summed E-state index contributed by atoms with van der Waals surface area (Å²) < 4.78 is 6.43. The quantitative estimate of drug-likeness (QED) is 0.740. The van der Waals surface area contributed by atoms with Gasteiger partial charge in [0, 0.05) is 25.8 Å². The molecule has 1 atom stereocenters. The summed E-state index contributed by atoms with van der Waals surface area (Å²) in [5.41, 5.74) is 1.37. The van der Waals surface area contributed by atoms with Gasteiger partial charge in [0.25, 0.3) is 5.91 Å². The SMILES string of the molecule is COC(=O)C1CCCN(C(=O)c2cc(C)n(C)n2)C1. The number of methoxy groups -OCH3 is 1. The van der Waals surface area contributed by atoms with Gasteiger partial charge in [0.15, 0.2) is 5.69 Å². The molecule has 0 aliphatic carbocycles. The summed E-state index contributed by atoms with van der Waals surface area (Å²) in [6.07, 6.45) is 1.59. The highest BCUT2D eigenvalue weighted by molar-refractivity contribution is 5.92. The molecule has 1 saturated heterocycles. The summed E-state index contributed by atoms with van der Waals surface area (Å²) in [7, 11) is 3.19. The highest BCUT2D eigenvalue weighted by Crippen LogP contribution is 2.19. The highest BCUT2D eigenvalue weighted by Gasteiger charge is 2.30. The number of carbonyl (C=O) groups is 2. The van der Waals surface area contributed by atoms with Crippen molar-refractivity contribution in [3.63, 3.8) is 0 Å². The molecule has 1 aliphatic rings. The van der Waals surface area contributed by atoms with Crippen LogP contribution in [0.2, 0.25) is 0 Å². The van der Waals surface area contributed by atoms with Crippen molar-refractivity contribution >= 4 is 11.9 Å². The molecule has 1 aliphatic heterocycles. The predicted octanol–water partition coefficient (Wildman–Crippen LogP) is 0.754. The third-order valence-electron chi connectivity index (χ3n) is 3.58. The van der Waals surface area contributed by atoms with Crippen LogP contribution in [-0.4, -0.2) is 46.8 Å². The lowest BCUT2D eigenvalue weighted by atomic mass is 9.98. The molecule has 6 heteroatoms. The second kappa shape index (κ2) is 5.42. The zero-order chi connectivity index (χ0) is 14.0. The van der Waals surface area contributed by atoms with Crippen LogP contribution in [0, 0.1) is 12.8 Å². The Kier molecular flexibility index (Phi) is 3.87. The van der Waals surface area contributed by atoms with Crippen molar-refractivity contribution in [2.75, 3.05) is 20.2 Å². The van der Waals surface area contributed by atoms with Crippen LogP contribution in [-0.2, 0) is 16.6 Å². The molecule has 6 nitrogen and oxygen atoms in total. The Bertz CT molecular complexity index is 476. The monoisotopic (exact) mass is 265 g/mol. The number of piperidine rings is 1. The molecule has 0 N–H and O–H groups in total. The zero-order valence-corrected chi connectivity index (χ0v) is 11.5. The standard InChI is InChI=1S/C13H19N3O3/c1-9-7-11(14-15(9)2)12(17)16-6-4-5-10(8-16)13(18)19-3/h7,10H,4-6,8H2,1-3H3. The van der Waals surface area contributed by atoms with Crippen LogP contribution in [0.4, 0.5) is 0 Å². The number of carbonyl (C=O) groups excluding carboxylic acids is 2. The lowest BCUT2D eigenvalue weighted by Gasteiger charge is -2.30. The summed E-state index contributed by atoms with van der Waals surface area (Å²) >= 11 is 0. The maximum atomic E-state index is 12.3. The van der Waals surface area contributed by atoms with E-state index in [0.717, 1.165) is 18.5 Å². The zero-order valence-electron chi connectivity index (χ0n) is 11.5. The molecule has 0 aromatic carbocycles. The molecule has 0 radical (unpaired) electrons. The second-order valence-electron chi connectivity index (χ2n) is 4.91. The summed E-state index contributed by atoms with van der Waals surface area (Å²) in [6.45, 7) is 2.99. The van der Waals surface area contributed by atoms with Crippen LogP contribution in [0.15, 0.2) is 6.07 Å². The van der Waals surface area contributed by atoms with E-state index in [9.17, 15) is 9.59 Å². The van der Waals surface area contributed by atoms with E-state index in [1.165, 1.54) is 7.11 Å². The van der Waals surface area contributed by atoms with Crippen LogP contribution < -0.4 is 0 Å². The Balaban J connectivity index is 2.09. The molecule has 2 rings (SSSR count). The van der Waals surface area contributed by atoms with E-state index in [4.69, 9.17) is 4.74 Å². The minimum absolute atomic E-state index is 0.114. The Morgan fingerprint density at radius 1 is 1.47 bits per heavy atom. The molecule has 2 heterocycles. The number of hydrogen-bond donors (Lipinski definition) is 0. The van der Waals surface area contributed by atoms with E-state index in [2.05, 4.69) is 5.10 Å². The molecular weight excluding hydrogens is 246 g/mol. The summed E-state index contributed by atoms with van der Waals surface area (Å²) in [5.74, 6) is -0.570. The van der Waals surface area contributed by atoms with Crippen LogP contribution in [0.25, 0.3) is 0 Å². The van der Waals surface area contributed by atoms with Crippen LogP contribution in [0.5, 0.6) is 0 Å². The van der Waals surface area contributed by atoms with Gasteiger partial charge < -0.3 is 9.64 Å². The second-order valence-corrected chi connectivity index (χ2v) is 4.91. The van der Waals surface area contributed by atoms with Crippen molar-refractivity contribution in [3.8, 4) is 0 Å². The number of esters is 1. The van der Waals surface area contributed by atoms with E-state index in [1.54, 1.807) is 22.7 Å². The average Bonchev–Trinajstić information content (AvgIpc) is 2.77. The van der Waals surface area contributed by atoms with Gasteiger partial charge in [-0.2, -0.15) is 5.10 Å². The van der Waals surface area contributed by atoms with Gasteiger partial charge in [-0.1, -0.05) is 0 Å². The van der Waals surface area contributed by atoms with Gasteiger partial charge in [-0.15, -0.1) is 0 Å². The first-order valence-corrected chi connectivity index (χ1v) is 6.40. The van der Waals surface area contributed by atoms with E-state index >= 15 is 0 Å². The van der Waals surface area contributed by atoms with Crippen molar-refractivity contribution in [3.05, 3.63) is 17.5 Å². The number of rotatable bonds is 2. The molecule has 19 heavy (non-hydrogen) atoms. The summed E-state index contributed by atoms with van der Waals surface area (Å²) in [5, 5.41) is 4.18. The lowest BCUT2D eigenvalue weighted by molar-refractivity contribution is -0.146. The van der Waals surface area contributed by atoms with Gasteiger partial charge in [-0.3, -0.25) is 14.3 Å². The highest BCUT2D eigenvalue weighted by atomic mass is 16.5. The molecule has 0 spiro atoms. The summed E-state index contributed by atoms with van der Waals surface area (Å²) in [4.78, 5) is 25.6. The third-order valence-corrected chi connectivity index (χ3v) is 3.58. The molecule has 104 valence electrons. The first-order valence-electron chi connectivity index (χ1n) is 6.40. The van der Waals surface area contributed by atoms with Crippen molar-refractivity contribution in [1.82, 2.24) is 14.7 Å². The first-order chi connectivity index (χ1) is 9.02. The number of aromatic nitrogens is 2. The number of amides is 1. The van der Waals surface area contributed by atoms with Crippen LogP contribution >= 0.6 is 0 Å². The van der Waals surface area contributed by atoms with Crippen molar-refractivity contribution in [2.45, 2.75) is 19.8 Å². The van der Waals surface area contributed by atoms with Gasteiger partial charge in [-0.05, 0) is 25.8 Å². The predicted molar refractivity (Wildman–Crippen MR) is 68.6 cm³/mol. The first kappa shape index (κ1) is 13.6. The fourth-order valence-electron chi connectivity index (χ4n) is 2.35. The number of aryl methyl sites for hydroxylation is 2.